The monoisotopic (exact) mass is 517 g/mol. The lowest BCUT2D eigenvalue weighted by Crippen LogP contribution is -2.34. The first-order chi connectivity index (χ1) is 17.5. The quantitative estimate of drug-likeness (QED) is 0.197. The number of aromatic nitrogens is 1. The first-order valence-electron chi connectivity index (χ1n) is 11.6. The van der Waals surface area contributed by atoms with Gasteiger partial charge < -0.3 is 10.2 Å². The van der Waals surface area contributed by atoms with Crippen molar-refractivity contribution in [3.8, 4) is 0 Å². The lowest BCUT2D eigenvalue weighted by molar-refractivity contribution is -0.384. The number of para-hydroxylation sites is 1. The number of amides is 1. The van der Waals surface area contributed by atoms with Crippen LogP contribution in [0.15, 0.2) is 66.7 Å². The Bertz CT molecular complexity index is 1410. The lowest BCUT2D eigenvalue weighted by Gasteiger charge is -2.18. The predicted octanol–water partition coefficient (Wildman–Crippen LogP) is 5.52. The van der Waals surface area contributed by atoms with Crippen molar-refractivity contribution < 1.29 is 9.72 Å². The molecule has 0 saturated carbocycles. The molecule has 1 saturated heterocycles. The Kier molecular flexibility index (Phi) is 6.88. The van der Waals surface area contributed by atoms with E-state index in [4.69, 9.17) is 12.2 Å². The van der Waals surface area contributed by atoms with Crippen molar-refractivity contribution in [2.75, 3.05) is 23.3 Å². The summed E-state index contributed by atoms with van der Waals surface area (Å²) in [6.45, 7) is 1.56. The second-order valence-corrected chi connectivity index (χ2v) is 10.0. The van der Waals surface area contributed by atoms with Crippen molar-refractivity contribution in [2.24, 2.45) is 0 Å². The highest BCUT2D eigenvalue weighted by Crippen LogP contribution is 2.31. The van der Waals surface area contributed by atoms with E-state index in [0.717, 1.165) is 54.1 Å². The van der Waals surface area contributed by atoms with Gasteiger partial charge >= 0.3 is 0 Å². The van der Waals surface area contributed by atoms with E-state index in [1.807, 2.05) is 47.4 Å². The first-order valence-corrected chi connectivity index (χ1v) is 12.8. The predicted molar refractivity (Wildman–Crippen MR) is 147 cm³/mol. The third kappa shape index (κ3) is 5.34. The number of nitrogens with one attached hydrogen (secondary N) is 2. The van der Waals surface area contributed by atoms with Gasteiger partial charge in [0.1, 0.15) is 5.69 Å². The summed E-state index contributed by atoms with van der Waals surface area (Å²) in [6.07, 6.45) is 2.73. The fourth-order valence-electron chi connectivity index (χ4n) is 4.25. The van der Waals surface area contributed by atoms with E-state index in [1.54, 1.807) is 23.5 Å². The van der Waals surface area contributed by atoms with Gasteiger partial charge in [-0.3, -0.25) is 20.2 Å². The largest absolute Gasteiger partial charge is 0.366 e. The van der Waals surface area contributed by atoms with Gasteiger partial charge in [0.25, 0.3) is 11.6 Å². The summed E-state index contributed by atoms with van der Waals surface area (Å²) >= 11 is 6.97. The normalized spacial score (nSPS) is 13.1. The molecule has 36 heavy (non-hydrogen) atoms. The fraction of sp³-hybridized carbons (Fsp3) is 0.192. The topological polar surface area (TPSA) is 100 Å². The second-order valence-electron chi connectivity index (χ2n) is 8.51. The number of fused-ring (bicyclic) bond motifs is 1. The fourth-order valence-corrected chi connectivity index (χ4v) is 5.46. The molecule has 0 radical (unpaired) electrons. The Morgan fingerprint density at radius 1 is 1.08 bits per heavy atom. The zero-order chi connectivity index (χ0) is 25.1. The second kappa shape index (κ2) is 10.4. The number of nitrogens with zero attached hydrogens (tertiary/aromatic N) is 3. The molecule has 1 aromatic heterocycles. The molecule has 0 aliphatic carbocycles. The van der Waals surface area contributed by atoms with E-state index in [2.05, 4.69) is 21.7 Å². The molecule has 5 rings (SSSR count). The van der Waals surface area contributed by atoms with Gasteiger partial charge in [-0.2, -0.15) is 0 Å². The molecule has 0 unspecified atom stereocenters. The molecular formula is C26H23N5O3S2. The Labute approximate surface area is 217 Å². The number of hydrogen-bond donors (Lipinski definition) is 2. The van der Waals surface area contributed by atoms with Crippen LogP contribution in [-0.4, -0.2) is 34.0 Å². The van der Waals surface area contributed by atoms with E-state index in [1.165, 1.54) is 10.8 Å². The smallest absolute Gasteiger partial charge is 0.293 e. The summed E-state index contributed by atoms with van der Waals surface area (Å²) in [6, 6.07) is 20.4. The summed E-state index contributed by atoms with van der Waals surface area (Å²) in [4.78, 5) is 30.5. The molecule has 4 aromatic rings. The standard InChI is InChI=1S/C26H23N5O3S2/c32-25(18-9-12-21(22(16-18)31(33)34)30-13-3-4-14-30)29-26(35)27-19-10-7-17(8-11-19)15-24-28-20-5-1-2-6-23(20)36-24/h1-2,5-12,16H,3-4,13-15H2,(H2,27,29,32,35). The maximum Gasteiger partial charge on any atom is 0.293 e. The molecule has 1 fully saturated rings. The number of carbonyl (C=O) groups excluding carboxylic acids is 1. The van der Waals surface area contributed by atoms with Gasteiger partial charge in [0, 0.05) is 36.8 Å². The van der Waals surface area contributed by atoms with Crippen molar-refractivity contribution in [3.63, 3.8) is 0 Å². The molecule has 0 atom stereocenters. The van der Waals surface area contributed by atoms with Crippen LogP contribution in [0, 0.1) is 10.1 Å². The third-order valence-electron chi connectivity index (χ3n) is 6.01. The number of nitro benzene ring substituents is 1. The average Bonchev–Trinajstić information content (AvgIpc) is 3.54. The summed E-state index contributed by atoms with van der Waals surface area (Å²) < 4.78 is 1.17. The zero-order valence-corrected chi connectivity index (χ0v) is 20.9. The van der Waals surface area contributed by atoms with Crippen LogP contribution in [0.25, 0.3) is 10.2 Å². The van der Waals surface area contributed by atoms with E-state index in [-0.39, 0.29) is 16.4 Å². The van der Waals surface area contributed by atoms with Gasteiger partial charge in [0.15, 0.2) is 5.11 Å². The number of hydrogen-bond acceptors (Lipinski definition) is 7. The van der Waals surface area contributed by atoms with Crippen molar-refractivity contribution >= 4 is 61.9 Å². The first kappa shape index (κ1) is 23.8. The van der Waals surface area contributed by atoms with Gasteiger partial charge in [-0.25, -0.2) is 4.98 Å². The van der Waals surface area contributed by atoms with E-state index < -0.39 is 10.8 Å². The van der Waals surface area contributed by atoms with Crippen LogP contribution in [-0.2, 0) is 6.42 Å². The molecule has 10 heteroatoms. The highest BCUT2D eigenvalue weighted by molar-refractivity contribution is 7.80. The minimum atomic E-state index is -0.504. The number of carbonyl (C=O) groups is 1. The third-order valence-corrected chi connectivity index (χ3v) is 7.25. The Balaban J connectivity index is 1.20. The SMILES string of the molecule is O=C(NC(=S)Nc1ccc(Cc2nc3ccccc3s2)cc1)c1ccc(N2CCCC2)c([N+](=O)[O-])c1. The van der Waals surface area contributed by atoms with Crippen LogP contribution < -0.4 is 15.5 Å². The van der Waals surface area contributed by atoms with Gasteiger partial charge in [-0.15, -0.1) is 11.3 Å². The maximum atomic E-state index is 12.7. The molecule has 182 valence electrons. The molecule has 1 aliphatic heterocycles. The molecule has 2 heterocycles. The molecule has 1 aliphatic rings. The van der Waals surface area contributed by atoms with Crippen LogP contribution >= 0.6 is 23.6 Å². The molecule has 0 bridgehead atoms. The van der Waals surface area contributed by atoms with Crippen LogP contribution in [0.1, 0.15) is 33.8 Å². The van der Waals surface area contributed by atoms with Crippen LogP contribution in [0.3, 0.4) is 0 Å². The Morgan fingerprint density at radius 3 is 2.56 bits per heavy atom. The summed E-state index contributed by atoms with van der Waals surface area (Å²) in [7, 11) is 0. The number of nitro groups is 1. The minimum absolute atomic E-state index is 0.0767. The van der Waals surface area contributed by atoms with Crippen LogP contribution in [0.5, 0.6) is 0 Å². The number of anilines is 2. The summed E-state index contributed by atoms with van der Waals surface area (Å²) in [5, 5.41) is 18.4. The van der Waals surface area contributed by atoms with Crippen LogP contribution in [0.4, 0.5) is 17.1 Å². The van der Waals surface area contributed by atoms with Gasteiger partial charge in [0.2, 0.25) is 0 Å². The van der Waals surface area contributed by atoms with Gasteiger partial charge in [-0.1, -0.05) is 24.3 Å². The van der Waals surface area contributed by atoms with Crippen molar-refractivity contribution in [3.05, 3.63) is 93.0 Å². The van der Waals surface area contributed by atoms with E-state index >= 15 is 0 Å². The molecular weight excluding hydrogens is 494 g/mol. The van der Waals surface area contributed by atoms with Crippen molar-refractivity contribution in [2.45, 2.75) is 19.3 Å². The summed E-state index contributed by atoms with van der Waals surface area (Å²) in [5.74, 6) is -0.504. The minimum Gasteiger partial charge on any atom is -0.366 e. The van der Waals surface area contributed by atoms with Crippen LogP contribution in [0.2, 0.25) is 0 Å². The molecule has 0 spiro atoms. The number of thiazole rings is 1. The average molecular weight is 518 g/mol. The maximum absolute atomic E-state index is 12.7. The van der Waals surface area contributed by atoms with E-state index in [0.29, 0.717) is 5.69 Å². The number of benzene rings is 3. The van der Waals surface area contributed by atoms with Gasteiger partial charge in [0.05, 0.1) is 20.1 Å². The van der Waals surface area contributed by atoms with Gasteiger partial charge in [-0.05, 0) is 67.0 Å². The molecule has 3 aromatic carbocycles. The summed E-state index contributed by atoms with van der Waals surface area (Å²) in [5.41, 5.74) is 3.49. The molecule has 8 nitrogen and oxygen atoms in total. The lowest BCUT2D eigenvalue weighted by atomic mass is 10.1. The van der Waals surface area contributed by atoms with Crippen molar-refractivity contribution in [1.82, 2.24) is 10.3 Å². The number of thiocarbonyl (C=S) groups is 1. The Hall–Kier alpha value is -3.89. The molecule has 1 amide bonds. The highest BCUT2D eigenvalue weighted by Gasteiger charge is 2.24. The Morgan fingerprint density at radius 2 is 1.83 bits per heavy atom. The van der Waals surface area contributed by atoms with Crippen molar-refractivity contribution in [1.29, 1.82) is 0 Å². The molecule has 2 N–H and O–H groups in total. The highest BCUT2D eigenvalue weighted by atomic mass is 32.1. The van der Waals surface area contributed by atoms with E-state index in [9.17, 15) is 14.9 Å². The number of rotatable bonds is 6. The zero-order valence-electron chi connectivity index (χ0n) is 19.3.